The lowest BCUT2D eigenvalue weighted by atomic mass is 9.46. The molecule has 1 saturated carbocycles. The third kappa shape index (κ3) is 2.19. The van der Waals surface area contributed by atoms with E-state index in [2.05, 4.69) is 13.0 Å². The van der Waals surface area contributed by atoms with Crippen LogP contribution < -0.4 is 0 Å². The Bertz CT molecular complexity index is 647. The average Bonchev–Trinajstić information content (AvgIpc) is 3.22. The lowest BCUT2D eigenvalue weighted by molar-refractivity contribution is -0.135. The molecule has 4 heteroatoms. The summed E-state index contributed by atoms with van der Waals surface area (Å²) in [4.78, 5) is 12.2. The van der Waals surface area contributed by atoms with Gasteiger partial charge in [-0.3, -0.25) is 0 Å². The second-order valence-corrected chi connectivity index (χ2v) is 8.04. The smallest absolute Gasteiger partial charge is 0.334 e. The number of rotatable bonds is 4. The molecule has 2 fully saturated rings. The molecule has 0 radical (unpaired) electrons. The monoisotopic (exact) mass is 330 g/mol. The summed E-state index contributed by atoms with van der Waals surface area (Å²) < 4.78 is 10.7. The second kappa shape index (κ2) is 5.76. The molecule has 0 bridgehead atoms. The van der Waals surface area contributed by atoms with Crippen LogP contribution in [0.1, 0.15) is 44.6 Å². The van der Waals surface area contributed by atoms with E-state index < -0.39 is 0 Å². The fourth-order valence-electron chi connectivity index (χ4n) is 5.71. The van der Waals surface area contributed by atoms with E-state index in [4.69, 9.17) is 9.15 Å². The Hall–Kier alpha value is -1.55. The highest BCUT2D eigenvalue weighted by Gasteiger charge is 2.61. The number of carbonyl (C=O) groups excluding carboxylic acids is 1. The molecule has 0 unspecified atom stereocenters. The first-order chi connectivity index (χ1) is 11.6. The van der Waals surface area contributed by atoms with Gasteiger partial charge in [-0.05, 0) is 67.4 Å². The molecule has 1 aromatic rings. The molecule has 1 spiro atoms. The van der Waals surface area contributed by atoms with Crippen molar-refractivity contribution in [3.8, 4) is 0 Å². The summed E-state index contributed by atoms with van der Waals surface area (Å²) in [5, 5.41) is 10.0. The predicted molar refractivity (Wildman–Crippen MR) is 89.1 cm³/mol. The van der Waals surface area contributed by atoms with Crippen LogP contribution in [0.3, 0.4) is 0 Å². The van der Waals surface area contributed by atoms with E-state index in [0.717, 1.165) is 44.1 Å². The summed E-state index contributed by atoms with van der Waals surface area (Å²) >= 11 is 0. The van der Waals surface area contributed by atoms with Crippen molar-refractivity contribution in [2.45, 2.75) is 45.4 Å². The zero-order valence-electron chi connectivity index (χ0n) is 14.3. The maximum Gasteiger partial charge on any atom is 0.334 e. The number of aliphatic hydroxyl groups is 1. The first kappa shape index (κ1) is 15.9. The van der Waals surface area contributed by atoms with Crippen molar-refractivity contribution in [1.29, 1.82) is 0 Å². The van der Waals surface area contributed by atoms with E-state index >= 15 is 0 Å². The SMILES string of the molecule is C[C@]1(CCc2ccoc2)[C@H](CO)CC[C@@]23COC(=O)C2=CCC[C@@H]31. The van der Waals surface area contributed by atoms with Crippen molar-refractivity contribution in [2.75, 3.05) is 13.2 Å². The van der Waals surface area contributed by atoms with Crippen molar-refractivity contribution in [3.05, 3.63) is 35.8 Å². The molecule has 3 aliphatic rings. The number of ether oxygens (including phenoxy) is 1. The van der Waals surface area contributed by atoms with E-state index in [0.29, 0.717) is 12.5 Å². The van der Waals surface area contributed by atoms with Crippen molar-refractivity contribution >= 4 is 5.97 Å². The normalized spacial score (nSPS) is 38.2. The summed E-state index contributed by atoms with van der Waals surface area (Å²) in [6.07, 6.45) is 11.5. The van der Waals surface area contributed by atoms with Gasteiger partial charge in [-0.1, -0.05) is 13.0 Å². The highest BCUT2D eigenvalue weighted by molar-refractivity contribution is 5.92. The van der Waals surface area contributed by atoms with Crippen LogP contribution in [-0.4, -0.2) is 24.3 Å². The van der Waals surface area contributed by atoms with Gasteiger partial charge in [0.15, 0.2) is 0 Å². The zero-order valence-corrected chi connectivity index (χ0v) is 14.3. The molecule has 4 nitrogen and oxygen atoms in total. The molecular weight excluding hydrogens is 304 g/mol. The standard InChI is InChI=1S/C20H26O4/c1-19(8-5-14-7-10-23-12-14)15(11-21)6-9-20-13-24-18(22)16(20)3-2-4-17(19)20/h3,7,10,12,15,17,21H,2,4-6,8-9,11,13H2,1H3/t15-,17+,19-,20+/m0/s1. The van der Waals surface area contributed by atoms with E-state index in [9.17, 15) is 9.90 Å². The third-order valence-electron chi connectivity index (χ3n) is 7.11. The van der Waals surface area contributed by atoms with E-state index in [1.165, 1.54) is 5.56 Å². The molecule has 4 atom stereocenters. The van der Waals surface area contributed by atoms with Gasteiger partial charge in [0.2, 0.25) is 0 Å². The van der Waals surface area contributed by atoms with Gasteiger partial charge < -0.3 is 14.3 Å². The predicted octanol–water partition coefficient (Wildman–Crippen LogP) is 3.50. The minimum absolute atomic E-state index is 0.0117. The summed E-state index contributed by atoms with van der Waals surface area (Å²) in [6, 6.07) is 2.02. The Morgan fingerprint density at radius 2 is 2.25 bits per heavy atom. The number of aliphatic hydroxyl groups excluding tert-OH is 1. The number of esters is 1. The first-order valence-electron chi connectivity index (χ1n) is 9.10. The Labute approximate surface area is 142 Å². The Balaban J connectivity index is 1.67. The van der Waals surface area contributed by atoms with Crippen LogP contribution in [0.15, 0.2) is 34.7 Å². The van der Waals surface area contributed by atoms with Gasteiger partial charge in [-0.25, -0.2) is 4.79 Å². The number of hydrogen-bond donors (Lipinski definition) is 1. The van der Waals surface area contributed by atoms with E-state index in [1.54, 1.807) is 6.26 Å². The molecule has 2 heterocycles. The van der Waals surface area contributed by atoms with Crippen LogP contribution in [0.25, 0.3) is 0 Å². The summed E-state index contributed by atoms with van der Waals surface area (Å²) in [5.74, 6) is 0.573. The van der Waals surface area contributed by atoms with Gasteiger partial charge in [-0.15, -0.1) is 0 Å². The molecule has 1 N–H and O–H groups in total. The lowest BCUT2D eigenvalue weighted by Gasteiger charge is -2.56. The van der Waals surface area contributed by atoms with Crippen molar-refractivity contribution in [3.63, 3.8) is 0 Å². The maximum absolute atomic E-state index is 12.2. The fraction of sp³-hybridized carbons (Fsp3) is 0.650. The lowest BCUT2D eigenvalue weighted by Crippen LogP contribution is -2.53. The van der Waals surface area contributed by atoms with E-state index in [1.807, 2.05) is 12.3 Å². The molecule has 1 aromatic heterocycles. The number of carbonyl (C=O) groups is 1. The highest BCUT2D eigenvalue weighted by atomic mass is 16.5. The highest BCUT2D eigenvalue weighted by Crippen LogP contribution is 2.63. The van der Waals surface area contributed by atoms with Gasteiger partial charge in [-0.2, -0.15) is 0 Å². The molecule has 0 aromatic carbocycles. The van der Waals surface area contributed by atoms with Gasteiger partial charge >= 0.3 is 5.97 Å². The fourth-order valence-corrected chi connectivity index (χ4v) is 5.71. The van der Waals surface area contributed by atoms with Crippen LogP contribution in [-0.2, 0) is 16.0 Å². The Kier molecular flexibility index (Phi) is 3.83. The minimum atomic E-state index is -0.119. The topological polar surface area (TPSA) is 59.7 Å². The molecular formula is C20H26O4. The van der Waals surface area contributed by atoms with E-state index in [-0.39, 0.29) is 29.3 Å². The third-order valence-corrected chi connectivity index (χ3v) is 7.11. The van der Waals surface area contributed by atoms with Gasteiger partial charge in [0.25, 0.3) is 0 Å². The average molecular weight is 330 g/mol. The molecule has 1 saturated heterocycles. The summed E-state index contributed by atoms with van der Waals surface area (Å²) in [7, 11) is 0. The number of hydrogen-bond acceptors (Lipinski definition) is 4. The molecule has 2 aliphatic carbocycles. The van der Waals surface area contributed by atoms with Crippen LogP contribution in [0, 0.1) is 22.7 Å². The number of cyclic esters (lactones) is 1. The first-order valence-corrected chi connectivity index (χ1v) is 9.10. The second-order valence-electron chi connectivity index (χ2n) is 8.04. The van der Waals surface area contributed by atoms with Crippen molar-refractivity contribution in [1.82, 2.24) is 0 Å². The number of furan rings is 1. The van der Waals surface area contributed by atoms with Gasteiger partial charge in [0, 0.05) is 17.6 Å². The molecule has 130 valence electrons. The molecule has 0 amide bonds. The number of aryl methyl sites for hydroxylation is 1. The summed E-state index contributed by atoms with van der Waals surface area (Å²) in [5.41, 5.74) is 2.02. The van der Waals surface area contributed by atoms with Crippen molar-refractivity contribution in [2.24, 2.45) is 22.7 Å². The quantitative estimate of drug-likeness (QED) is 0.859. The van der Waals surface area contributed by atoms with Crippen LogP contribution in [0.5, 0.6) is 0 Å². The molecule has 4 rings (SSSR count). The van der Waals surface area contributed by atoms with Crippen molar-refractivity contribution < 1.29 is 19.1 Å². The largest absolute Gasteiger partial charge is 0.472 e. The summed E-state index contributed by atoms with van der Waals surface area (Å²) in [6.45, 7) is 3.08. The Morgan fingerprint density at radius 3 is 3.00 bits per heavy atom. The maximum atomic E-state index is 12.2. The zero-order chi connectivity index (χ0) is 16.8. The van der Waals surface area contributed by atoms with Gasteiger partial charge in [0.05, 0.1) is 12.5 Å². The number of allylic oxidation sites excluding steroid dienone is 1. The van der Waals surface area contributed by atoms with Crippen LogP contribution >= 0.6 is 0 Å². The van der Waals surface area contributed by atoms with Crippen LogP contribution in [0.2, 0.25) is 0 Å². The van der Waals surface area contributed by atoms with Crippen LogP contribution in [0.4, 0.5) is 0 Å². The Morgan fingerprint density at radius 1 is 1.38 bits per heavy atom. The minimum Gasteiger partial charge on any atom is -0.472 e. The molecule has 24 heavy (non-hydrogen) atoms. The molecule has 1 aliphatic heterocycles. The van der Waals surface area contributed by atoms with Gasteiger partial charge in [0.1, 0.15) is 6.61 Å².